The highest BCUT2D eigenvalue weighted by atomic mass is 19.1. The van der Waals surface area contributed by atoms with Crippen molar-refractivity contribution in [2.45, 2.75) is 165 Å². The Kier molecular flexibility index (Phi) is 15.8. The minimum Gasteiger partial charge on any atom is -0.300 e. The molecule has 4 aromatic rings. The van der Waals surface area contributed by atoms with E-state index in [1.807, 2.05) is 24.3 Å². The lowest BCUT2D eigenvalue weighted by Gasteiger charge is -2.34. The summed E-state index contributed by atoms with van der Waals surface area (Å²) in [6, 6.07) is 30.8. The quantitative estimate of drug-likeness (QED) is 0.103. The topological polar surface area (TPSA) is 17.1 Å². The molecule has 0 radical (unpaired) electrons. The maximum absolute atomic E-state index is 15.6. The number of benzene rings is 4. The Labute approximate surface area is 369 Å². The van der Waals surface area contributed by atoms with Gasteiger partial charge in [-0.05, 0) is 208 Å². The van der Waals surface area contributed by atoms with Crippen molar-refractivity contribution < 1.29 is 22.4 Å². The summed E-state index contributed by atoms with van der Waals surface area (Å²) in [5, 5.41) is 0. The van der Waals surface area contributed by atoms with Gasteiger partial charge in [-0.25, -0.2) is 17.6 Å². The van der Waals surface area contributed by atoms with Gasteiger partial charge in [-0.1, -0.05) is 98.5 Å². The van der Waals surface area contributed by atoms with E-state index in [-0.39, 0.29) is 23.5 Å². The number of Topliss-reactive ketones (excluding diaryl/α,β-unsaturated/α-hetero) is 1. The van der Waals surface area contributed by atoms with Crippen molar-refractivity contribution in [3.63, 3.8) is 0 Å². The standard InChI is InChI=1S/C57H70F4O/c58-53-31-27-49(28-32-53)47-23-19-45(20-24-47)43-11-5-41(6-12-43)37-56(60)51-15-1-39(2-16-51)9-35-55(62)36-10-40-3-17-52(18-4-40)57(61)38-42-7-13-44(14-8-42)46-21-25-48(26-22-46)50-29-33-54(59)34-30-50/h19-34,39-44,51-52,56-57H,1-18,35-38H2. The van der Waals surface area contributed by atoms with E-state index in [1.165, 1.54) is 35.4 Å². The summed E-state index contributed by atoms with van der Waals surface area (Å²) in [5.41, 5.74) is 6.99. The molecule has 4 saturated carbocycles. The fourth-order valence-corrected chi connectivity index (χ4v) is 12.2. The number of ketones is 1. The maximum Gasteiger partial charge on any atom is 0.132 e. The molecule has 0 aliphatic heterocycles. The maximum atomic E-state index is 15.6. The molecule has 0 bridgehead atoms. The normalized spacial score (nSPS) is 27.9. The van der Waals surface area contributed by atoms with Crippen LogP contribution in [0, 0.1) is 47.1 Å². The van der Waals surface area contributed by atoms with E-state index in [2.05, 4.69) is 48.5 Å². The third kappa shape index (κ3) is 12.3. The van der Waals surface area contributed by atoms with Gasteiger partial charge in [-0.2, -0.15) is 0 Å². The number of hydrogen-bond acceptors (Lipinski definition) is 1. The first kappa shape index (κ1) is 44.9. The third-order valence-corrected chi connectivity index (χ3v) is 16.4. The lowest BCUT2D eigenvalue weighted by atomic mass is 9.73. The molecule has 0 N–H and O–H groups in total. The highest BCUT2D eigenvalue weighted by Crippen LogP contribution is 2.44. The summed E-state index contributed by atoms with van der Waals surface area (Å²) in [4.78, 5) is 13.0. The van der Waals surface area contributed by atoms with Crippen LogP contribution in [0.2, 0.25) is 0 Å². The van der Waals surface area contributed by atoms with Gasteiger partial charge in [0.2, 0.25) is 0 Å². The summed E-state index contributed by atoms with van der Waals surface area (Å²) in [7, 11) is 0. The highest BCUT2D eigenvalue weighted by Gasteiger charge is 2.33. The first-order valence-electron chi connectivity index (χ1n) is 24.7. The van der Waals surface area contributed by atoms with Crippen LogP contribution in [-0.4, -0.2) is 18.1 Å². The molecule has 0 saturated heterocycles. The van der Waals surface area contributed by atoms with Gasteiger partial charge in [-0.3, -0.25) is 4.79 Å². The minimum absolute atomic E-state index is 0.179. The van der Waals surface area contributed by atoms with Gasteiger partial charge in [0.1, 0.15) is 29.8 Å². The number of rotatable bonds is 16. The van der Waals surface area contributed by atoms with Crippen molar-refractivity contribution >= 4 is 5.78 Å². The molecule has 2 atom stereocenters. The van der Waals surface area contributed by atoms with Crippen LogP contribution in [0.25, 0.3) is 22.3 Å². The SMILES string of the molecule is O=C(CCC1CCC(C(F)CC2CCC(c3ccc(-c4ccc(F)cc4)cc3)CC2)CC1)CCC1CCC(C(F)CC2CCC(c3ccc(-c4ccc(F)cc4)cc3)CC2)CC1. The Morgan fingerprint density at radius 1 is 0.403 bits per heavy atom. The van der Waals surface area contributed by atoms with Crippen molar-refractivity contribution in [2.24, 2.45) is 35.5 Å². The molecule has 0 spiro atoms. The molecule has 5 heteroatoms. The number of halogens is 4. The van der Waals surface area contributed by atoms with E-state index in [1.54, 1.807) is 0 Å². The first-order chi connectivity index (χ1) is 30.2. The van der Waals surface area contributed by atoms with Crippen LogP contribution < -0.4 is 0 Å². The molecular weight excluding hydrogens is 777 g/mol. The molecule has 4 aliphatic rings. The number of hydrogen-bond donors (Lipinski definition) is 0. The molecule has 1 nitrogen and oxygen atoms in total. The Bertz CT molecular complexity index is 1800. The second-order valence-electron chi connectivity index (χ2n) is 20.4. The molecule has 4 aliphatic carbocycles. The lowest BCUT2D eigenvalue weighted by molar-refractivity contribution is -0.119. The van der Waals surface area contributed by atoms with Crippen LogP contribution in [0.4, 0.5) is 17.6 Å². The zero-order chi connectivity index (χ0) is 42.8. The molecule has 0 aromatic heterocycles. The van der Waals surface area contributed by atoms with E-state index in [0.717, 1.165) is 138 Å². The van der Waals surface area contributed by atoms with Crippen molar-refractivity contribution in [3.8, 4) is 22.3 Å². The zero-order valence-electron chi connectivity index (χ0n) is 37.0. The zero-order valence-corrected chi connectivity index (χ0v) is 37.0. The summed E-state index contributed by atoms with van der Waals surface area (Å²) in [6.45, 7) is 0. The molecule has 4 fully saturated rings. The number of carbonyl (C=O) groups excluding carboxylic acids is 1. The van der Waals surface area contributed by atoms with Crippen LogP contribution in [-0.2, 0) is 4.79 Å². The fraction of sp³-hybridized carbons (Fsp3) is 0.561. The van der Waals surface area contributed by atoms with Crippen LogP contribution in [0.3, 0.4) is 0 Å². The van der Waals surface area contributed by atoms with Gasteiger partial charge in [0.25, 0.3) is 0 Å². The van der Waals surface area contributed by atoms with Gasteiger partial charge in [0.05, 0.1) is 0 Å². The minimum atomic E-state index is -0.705. The number of alkyl halides is 2. The predicted octanol–water partition coefficient (Wildman–Crippen LogP) is 16.7. The monoisotopic (exact) mass is 847 g/mol. The predicted molar refractivity (Wildman–Crippen MR) is 246 cm³/mol. The molecule has 2 unspecified atom stereocenters. The van der Waals surface area contributed by atoms with Crippen LogP contribution in [0.1, 0.15) is 164 Å². The Hall–Kier alpha value is -3.73. The summed E-state index contributed by atoms with van der Waals surface area (Å²) in [5.74, 6) is 3.46. The van der Waals surface area contributed by atoms with Gasteiger partial charge in [0.15, 0.2) is 0 Å². The fourth-order valence-electron chi connectivity index (χ4n) is 12.2. The average molecular weight is 847 g/mol. The summed E-state index contributed by atoms with van der Waals surface area (Å²) < 4.78 is 57.9. The van der Waals surface area contributed by atoms with Crippen LogP contribution in [0.5, 0.6) is 0 Å². The van der Waals surface area contributed by atoms with E-state index in [4.69, 9.17) is 0 Å². The molecule has 0 amide bonds. The molecular formula is C57H70F4O. The highest BCUT2D eigenvalue weighted by molar-refractivity contribution is 5.78. The Morgan fingerprint density at radius 2 is 0.694 bits per heavy atom. The Balaban J connectivity index is 0.652. The molecule has 4 aromatic carbocycles. The van der Waals surface area contributed by atoms with E-state index in [0.29, 0.717) is 67.0 Å². The second-order valence-corrected chi connectivity index (χ2v) is 20.4. The van der Waals surface area contributed by atoms with E-state index >= 15 is 8.78 Å². The molecule has 62 heavy (non-hydrogen) atoms. The average Bonchev–Trinajstić information content (AvgIpc) is 3.31. The Morgan fingerprint density at radius 3 is 1.02 bits per heavy atom. The van der Waals surface area contributed by atoms with Crippen molar-refractivity contribution in [2.75, 3.05) is 0 Å². The van der Waals surface area contributed by atoms with Gasteiger partial charge in [0, 0.05) is 12.8 Å². The van der Waals surface area contributed by atoms with Gasteiger partial charge >= 0.3 is 0 Å². The second kappa shape index (κ2) is 21.8. The van der Waals surface area contributed by atoms with Crippen LogP contribution >= 0.6 is 0 Å². The molecule has 332 valence electrons. The van der Waals surface area contributed by atoms with Crippen molar-refractivity contribution in [1.82, 2.24) is 0 Å². The van der Waals surface area contributed by atoms with Crippen LogP contribution in [0.15, 0.2) is 97.1 Å². The summed E-state index contributed by atoms with van der Waals surface area (Å²) >= 11 is 0. The third-order valence-electron chi connectivity index (χ3n) is 16.4. The van der Waals surface area contributed by atoms with E-state index < -0.39 is 12.3 Å². The smallest absolute Gasteiger partial charge is 0.132 e. The van der Waals surface area contributed by atoms with Crippen molar-refractivity contribution in [1.29, 1.82) is 0 Å². The molecule has 8 rings (SSSR count). The lowest BCUT2D eigenvalue weighted by Crippen LogP contribution is -2.26. The van der Waals surface area contributed by atoms with Gasteiger partial charge in [-0.15, -0.1) is 0 Å². The largest absolute Gasteiger partial charge is 0.300 e. The number of carbonyl (C=O) groups is 1. The van der Waals surface area contributed by atoms with Crippen molar-refractivity contribution in [3.05, 3.63) is 120 Å². The summed E-state index contributed by atoms with van der Waals surface area (Å²) in [6.07, 6.45) is 20.2. The van der Waals surface area contributed by atoms with Gasteiger partial charge < -0.3 is 0 Å². The van der Waals surface area contributed by atoms with E-state index in [9.17, 15) is 13.6 Å². The first-order valence-corrected chi connectivity index (χ1v) is 24.7. The molecule has 0 heterocycles.